The Morgan fingerprint density at radius 3 is 2.71 bits per heavy atom. The van der Waals surface area contributed by atoms with Crippen molar-refractivity contribution in [1.29, 1.82) is 0 Å². The van der Waals surface area contributed by atoms with Crippen molar-refractivity contribution in [3.63, 3.8) is 0 Å². The van der Waals surface area contributed by atoms with E-state index in [1.807, 2.05) is 30.3 Å². The first-order chi connectivity index (χ1) is 10.1. The maximum Gasteiger partial charge on any atom is 0.338 e. The second kappa shape index (κ2) is 7.13. The maximum absolute atomic E-state index is 12.3. The zero-order chi connectivity index (χ0) is 15.2. The van der Waals surface area contributed by atoms with Crippen LogP contribution in [0.1, 0.15) is 24.9 Å². The lowest BCUT2D eigenvalue weighted by Crippen LogP contribution is -2.45. The molecule has 112 valence electrons. The monoisotopic (exact) mass is 308 g/mol. The van der Waals surface area contributed by atoms with Gasteiger partial charge >= 0.3 is 12.0 Å². The number of amides is 2. The Kier molecular flexibility index (Phi) is 5.22. The lowest BCUT2D eigenvalue weighted by atomic mass is 9.96. The molecule has 2 N–H and O–H groups in total. The fraction of sp³-hybridized carbons (Fsp3) is 0.333. The molecule has 1 aliphatic rings. The van der Waals surface area contributed by atoms with Gasteiger partial charge in [0.15, 0.2) is 0 Å². The highest BCUT2D eigenvalue weighted by Gasteiger charge is 2.31. The zero-order valence-corrected chi connectivity index (χ0v) is 12.4. The van der Waals surface area contributed by atoms with E-state index < -0.39 is 12.0 Å². The summed E-state index contributed by atoms with van der Waals surface area (Å²) >= 11 is 5.57. The van der Waals surface area contributed by atoms with Gasteiger partial charge in [-0.3, -0.25) is 0 Å². The summed E-state index contributed by atoms with van der Waals surface area (Å²) in [5, 5.41) is 5.35. The van der Waals surface area contributed by atoms with Crippen LogP contribution in [0.25, 0.3) is 0 Å². The van der Waals surface area contributed by atoms with E-state index in [-0.39, 0.29) is 12.6 Å². The largest absolute Gasteiger partial charge is 0.462 e. The molecule has 2 rings (SSSR count). The summed E-state index contributed by atoms with van der Waals surface area (Å²) < 4.78 is 5.21. The second-order valence-electron chi connectivity index (χ2n) is 4.66. The van der Waals surface area contributed by atoms with Crippen molar-refractivity contribution >= 4 is 23.6 Å². The summed E-state index contributed by atoms with van der Waals surface area (Å²) in [6.45, 7) is 1.95. The molecule has 21 heavy (non-hydrogen) atoms. The molecule has 1 aliphatic heterocycles. The van der Waals surface area contributed by atoms with Gasteiger partial charge in [-0.2, -0.15) is 0 Å². The number of carbonyl (C=O) groups excluding carboxylic acids is 2. The molecule has 0 fully saturated rings. The lowest BCUT2D eigenvalue weighted by molar-refractivity contribution is -0.139. The minimum Gasteiger partial charge on any atom is -0.462 e. The third kappa shape index (κ3) is 3.76. The molecule has 1 aromatic rings. The molecule has 0 saturated heterocycles. The molecule has 1 aromatic carbocycles. The second-order valence-corrected chi connectivity index (χ2v) is 5.04. The smallest absolute Gasteiger partial charge is 0.338 e. The van der Waals surface area contributed by atoms with Gasteiger partial charge in [-0.05, 0) is 18.9 Å². The van der Waals surface area contributed by atoms with E-state index in [0.29, 0.717) is 23.6 Å². The number of urea groups is 1. The Labute approximate surface area is 128 Å². The summed E-state index contributed by atoms with van der Waals surface area (Å²) in [6.07, 6.45) is 0.593. The van der Waals surface area contributed by atoms with E-state index in [1.165, 1.54) is 0 Å². The SMILES string of the molecule is CC1=C(C(=O)OCCCCl)[C@@H](c2ccccc2)NC(=O)N1. The van der Waals surface area contributed by atoms with Crippen molar-refractivity contribution in [1.82, 2.24) is 10.6 Å². The Morgan fingerprint density at radius 1 is 1.33 bits per heavy atom. The topological polar surface area (TPSA) is 67.4 Å². The maximum atomic E-state index is 12.3. The van der Waals surface area contributed by atoms with E-state index >= 15 is 0 Å². The first-order valence-corrected chi connectivity index (χ1v) is 7.23. The highest BCUT2D eigenvalue weighted by molar-refractivity contribution is 6.17. The van der Waals surface area contributed by atoms with E-state index in [2.05, 4.69) is 10.6 Å². The van der Waals surface area contributed by atoms with Gasteiger partial charge in [0.25, 0.3) is 0 Å². The third-order valence-corrected chi connectivity index (χ3v) is 3.40. The number of rotatable bonds is 5. The fourth-order valence-corrected chi connectivity index (χ4v) is 2.27. The lowest BCUT2D eigenvalue weighted by Gasteiger charge is -2.28. The van der Waals surface area contributed by atoms with Crippen molar-refractivity contribution in [2.24, 2.45) is 0 Å². The summed E-state index contributed by atoms with van der Waals surface area (Å²) in [7, 11) is 0. The number of benzene rings is 1. The zero-order valence-electron chi connectivity index (χ0n) is 11.7. The Morgan fingerprint density at radius 2 is 2.05 bits per heavy atom. The molecule has 2 amide bonds. The molecule has 6 heteroatoms. The van der Waals surface area contributed by atoms with Crippen molar-refractivity contribution in [2.45, 2.75) is 19.4 Å². The fourth-order valence-electron chi connectivity index (χ4n) is 2.16. The summed E-state index contributed by atoms with van der Waals surface area (Å²) in [5.74, 6) is -0.0125. The number of hydrogen-bond donors (Lipinski definition) is 2. The van der Waals surface area contributed by atoms with Crippen LogP contribution in [0.15, 0.2) is 41.6 Å². The highest BCUT2D eigenvalue weighted by atomic mass is 35.5. The van der Waals surface area contributed by atoms with Gasteiger partial charge in [-0.25, -0.2) is 9.59 Å². The Bertz CT molecular complexity index is 557. The minimum absolute atomic E-state index is 0.259. The van der Waals surface area contributed by atoms with Crippen LogP contribution >= 0.6 is 11.6 Å². The van der Waals surface area contributed by atoms with Gasteiger partial charge in [0.05, 0.1) is 18.2 Å². The number of carbonyl (C=O) groups is 2. The first-order valence-electron chi connectivity index (χ1n) is 6.70. The van der Waals surface area contributed by atoms with Gasteiger partial charge in [0.1, 0.15) is 0 Å². The standard InChI is InChI=1S/C15H17ClN2O3/c1-10-12(14(19)21-9-5-8-16)13(18-15(20)17-10)11-6-3-2-4-7-11/h2-4,6-7,13H,5,8-9H2,1H3,(H2,17,18,20)/t13-/m1/s1. The number of alkyl halides is 1. The van der Waals surface area contributed by atoms with Crippen LogP contribution in [0.3, 0.4) is 0 Å². The van der Waals surface area contributed by atoms with E-state index in [9.17, 15) is 9.59 Å². The quantitative estimate of drug-likeness (QED) is 0.499. The predicted molar refractivity (Wildman–Crippen MR) is 79.8 cm³/mol. The average molecular weight is 309 g/mol. The van der Waals surface area contributed by atoms with Gasteiger partial charge < -0.3 is 15.4 Å². The number of esters is 1. The minimum atomic E-state index is -0.511. The molecule has 0 spiro atoms. The van der Waals surface area contributed by atoms with Gasteiger partial charge in [0.2, 0.25) is 0 Å². The summed E-state index contributed by atoms with van der Waals surface area (Å²) in [5.41, 5.74) is 1.75. The molecule has 0 bridgehead atoms. The summed E-state index contributed by atoms with van der Waals surface area (Å²) in [4.78, 5) is 23.9. The third-order valence-electron chi connectivity index (χ3n) is 3.13. The molecule has 1 heterocycles. The van der Waals surface area contributed by atoms with Gasteiger partial charge in [-0.15, -0.1) is 11.6 Å². The molecule has 0 radical (unpaired) electrons. The molecule has 0 aliphatic carbocycles. The van der Waals surface area contributed by atoms with Crippen molar-refractivity contribution in [2.75, 3.05) is 12.5 Å². The van der Waals surface area contributed by atoms with Crippen LogP contribution in [0, 0.1) is 0 Å². The Balaban J connectivity index is 2.26. The number of hydrogen-bond acceptors (Lipinski definition) is 3. The van der Waals surface area contributed by atoms with Crippen LogP contribution in [0.5, 0.6) is 0 Å². The first kappa shape index (κ1) is 15.4. The number of halogens is 1. The van der Waals surface area contributed by atoms with Crippen LogP contribution in [0.2, 0.25) is 0 Å². The molecule has 5 nitrogen and oxygen atoms in total. The summed E-state index contributed by atoms with van der Waals surface area (Å²) in [6, 6.07) is 8.46. The normalized spacial score (nSPS) is 18.0. The van der Waals surface area contributed by atoms with Crippen molar-refractivity contribution in [3.8, 4) is 0 Å². The predicted octanol–water partition coefficient (Wildman–Crippen LogP) is 2.49. The van der Waals surface area contributed by atoms with E-state index in [4.69, 9.17) is 16.3 Å². The van der Waals surface area contributed by atoms with Crippen LogP contribution in [-0.4, -0.2) is 24.5 Å². The average Bonchev–Trinajstić information content (AvgIpc) is 2.47. The van der Waals surface area contributed by atoms with Gasteiger partial charge in [-0.1, -0.05) is 30.3 Å². The number of ether oxygens (including phenoxy) is 1. The van der Waals surface area contributed by atoms with Gasteiger partial charge in [0, 0.05) is 11.6 Å². The molecule has 1 atom stereocenters. The van der Waals surface area contributed by atoms with Crippen molar-refractivity contribution in [3.05, 3.63) is 47.2 Å². The van der Waals surface area contributed by atoms with E-state index in [0.717, 1.165) is 5.56 Å². The van der Waals surface area contributed by atoms with Crippen LogP contribution < -0.4 is 10.6 Å². The number of nitrogens with one attached hydrogen (secondary N) is 2. The molecule has 0 saturated carbocycles. The van der Waals surface area contributed by atoms with Crippen LogP contribution in [0.4, 0.5) is 4.79 Å². The highest BCUT2D eigenvalue weighted by Crippen LogP contribution is 2.27. The molecule has 0 unspecified atom stereocenters. The van der Waals surface area contributed by atoms with Crippen LogP contribution in [-0.2, 0) is 9.53 Å². The van der Waals surface area contributed by atoms with Crippen molar-refractivity contribution < 1.29 is 14.3 Å². The Hall–Kier alpha value is -2.01. The molecular weight excluding hydrogens is 292 g/mol. The van der Waals surface area contributed by atoms with E-state index in [1.54, 1.807) is 6.92 Å². The molecule has 0 aromatic heterocycles. The number of allylic oxidation sites excluding steroid dienone is 1. The molecular formula is C15H17ClN2O3.